The van der Waals surface area contributed by atoms with E-state index >= 15 is 0 Å². The molecule has 0 spiro atoms. The van der Waals surface area contributed by atoms with Gasteiger partial charge in [0.15, 0.2) is 17.7 Å². The first kappa shape index (κ1) is 16.7. The summed E-state index contributed by atoms with van der Waals surface area (Å²) >= 11 is 5.82. The summed E-state index contributed by atoms with van der Waals surface area (Å²) in [5.74, 6) is -0.730. The quantitative estimate of drug-likeness (QED) is 0.892. The van der Waals surface area contributed by atoms with E-state index in [2.05, 4.69) is 5.32 Å². The number of hydrogen-bond acceptors (Lipinski definition) is 3. The lowest BCUT2D eigenvalue weighted by atomic mass is 10.0. The highest BCUT2D eigenvalue weighted by atomic mass is 35.5. The van der Waals surface area contributed by atoms with Gasteiger partial charge in [0.05, 0.1) is 12.1 Å². The van der Waals surface area contributed by atoms with Crippen LogP contribution in [0.5, 0.6) is 5.75 Å². The van der Waals surface area contributed by atoms with Crippen LogP contribution < -0.4 is 10.1 Å². The smallest absolute Gasteiger partial charge is 0.261 e. The molecule has 0 aliphatic carbocycles. The van der Waals surface area contributed by atoms with Crippen molar-refractivity contribution >= 4 is 17.5 Å². The molecule has 1 aliphatic rings. The molecule has 1 amide bonds. The minimum Gasteiger partial charge on any atom is -0.477 e. The van der Waals surface area contributed by atoms with Crippen LogP contribution in [-0.2, 0) is 11.2 Å². The lowest BCUT2D eigenvalue weighted by molar-refractivity contribution is -0.128. The number of benzene rings is 2. The van der Waals surface area contributed by atoms with Crippen LogP contribution in [-0.4, -0.2) is 23.2 Å². The molecule has 0 fully saturated rings. The summed E-state index contributed by atoms with van der Waals surface area (Å²) in [6, 6.07) is 10.8. The van der Waals surface area contributed by atoms with Crippen molar-refractivity contribution in [3.05, 3.63) is 64.4 Å². The second-order valence-corrected chi connectivity index (χ2v) is 6.27. The third-order valence-electron chi connectivity index (χ3n) is 4.06. The third-order valence-corrected chi connectivity index (χ3v) is 4.31. The molecule has 1 heterocycles. The molecule has 4 nitrogen and oxygen atoms in total. The molecule has 0 bridgehead atoms. The van der Waals surface area contributed by atoms with Gasteiger partial charge < -0.3 is 15.2 Å². The largest absolute Gasteiger partial charge is 0.477 e. The van der Waals surface area contributed by atoms with E-state index in [-0.39, 0.29) is 11.7 Å². The molecule has 126 valence electrons. The summed E-state index contributed by atoms with van der Waals surface area (Å²) in [4.78, 5) is 12.3. The van der Waals surface area contributed by atoms with Crippen molar-refractivity contribution in [2.75, 3.05) is 0 Å². The van der Waals surface area contributed by atoms with Crippen LogP contribution in [0.2, 0.25) is 5.02 Å². The number of carbonyl (C=O) groups is 1. The van der Waals surface area contributed by atoms with E-state index < -0.39 is 24.1 Å². The number of para-hydroxylation sites is 1. The maximum atomic E-state index is 13.7. The average Bonchev–Trinajstić information content (AvgIpc) is 3.00. The minimum absolute atomic E-state index is 0.128. The minimum atomic E-state index is -0.883. The summed E-state index contributed by atoms with van der Waals surface area (Å²) in [6.45, 7) is 1.69. The van der Waals surface area contributed by atoms with Gasteiger partial charge in [-0.25, -0.2) is 4.39 Å². The Hall–Kier alpha value is -2.11. The lowest BCUT2D eigenvalue weighted by Gasteiger charge is -2.22. The third kappa shape index (κ3) is 3.37. The number of carbonyl (C=O) groups excluding carboxylic acids is 1. The number of halogens is 2. The van der Waals surface area contributed by atoms with Gasteiger partial charge in [0.1, 0.15) is 0 Å². The van der Waals surface area contributed by atoms with Crippen molar-refractivity contribution < 1.29 is 19.0 Å². The Labute approximate surface area is 144 Å². The van der Waals surface area contributed by atoms with E-state index in [0.717, 1.165) is 0 Å². The van der Waals surface area contributed by atoms with Crippen LogP contribution >= 0.6 is 11.6 Å². The topological polar surface area (TPSA) is 58.6 Å². The highest BCUT2D eigenvalue weighted by molar-refractivity contribution is 6.30. The van der Waals surface area contributed by atoms with Crippen molar-refractivity contribution in [2.24, 2.45) is 0 Å². The Morgan fingerprint density at radius 1 is 1.33 bits per heavy atom. The standard InChI is InChI=1S/C18H17ClFNO3/c1-10(16(22)11-5-7-13(19)8-6-11)21-18(23)15-9-12-3-2-4-14(20)17(12)24-15/h2-8,10,15-16,22H,9H2,1H3,(H,21,23). The van der Waals surface area contributed by atoms with Crippen LogP contribution in [0.25, 0.3) is 0 Å². The van der Waals surface area contributed by atoms with Gasteiger partial charge in [0.2, 0.25) is 0 Å². The molecule has 3 rings (SSSR count). The first-order valence-corrected chi connectivity index (χ1v) is 8.01. The van der Waals surface area contributed by atoms with E-state index in [1.807, 2.05) is 0 Å². The van der Waals surface area contributed by atoms with Gasteiger partial charge in [0, 0.05) is 17.0 Å². The maximum Gasteiger partial charge on any atom is 0.261 e. The van der Waals surface area contributed by atoms with Gasteiger partial charge in [-0.05, 0) is 30.7 Å². The van der Waals surface area contributed by atoms with Gasteiger partial charge in [-0.1, -0.05) is 35.9 Å². The van der Waals surface area contributed by atoms with Crippen molar-refractivity contribution in [2.45, 2.75) is 31.6 Å². The fourth-order valence-corrected chi connectivity index (χ4v) is 2.85. The molecule has 6 heteroatoms. The summed E-state index contributed by atoms with van der Waals surface area (Å²) in [5, 5.41) is 13.6. The number of rotatable bonds is 4. The van der Waals surface area contributed by atoms with Crippen LogP contribution in [0.4, 0.5) is 4.39 Å². The van der Waals surface area contributed by atoms with Crippen molar-refractivity contribution in [1.82, 2.24) is 5.32 Å². The molecule has 2 aromatic rings. The fourth-order valence-electron chi connectivity index (χ4n) is 2.72. The van der Waals surface area contributed by atoms with Crippen LogP contribution in [0.15, 0.2) is 42.5 Å². The summed E-state index contributed by atoms with van der Waals surface area (Å²) in [6.07, 6.45) is -1.37. The Morgan fingerprint density at radius 3 is 2.71 bits per heavy atom. The molecule has 24 heavy (non-hydrogen) atoms. The average molecular weight is 350 g/mol. The summed E-state index contributed by atoms with van der Waals surface area (Å²) in [7, 11) is 0. The molecule has 3 atom stereocenters. The Kier molecular flexibility index (Phi) is 4.73. The number of fused-ring (bicyclic) bond motifs is 1. The van der Waals surface area contributed by atoms with Crippen LogP contribution in [0.1, 0.15) is 24.2 Å². The predicted molar refractivity (Wildman–Crippen MR) is 88.5 cm³/mol. The van der Waals surface area contributed by atoms with Crippen LogP contribution in [0.3, 0.4) is 0 Å². The van der Waals surface area contributed by atoms with Crippen LogP contribution in [0, 0.1) is 5.82 Å². The van der Waals surface area contributed by atoms with E-state index in [1.54, 1.807) is 43.3 Å². The number of aliphatic hydroxyl groups is 1. The lowest BCUT2D eigenvalue weighted by Crippen LogP contribution is -2.44. The van der Waals surface area contributed by atoms with Gasteiger partial charge in [0.25, 0.3) is 5.91 Å². The normalized spacial score (nSPS) is 18.4. The monoisotopic (exact) mass is 349 g/mol. The number of amides is 1. The van der Waals surface area contributed by atoms with Crippen molar-refractivity contribution in [3.63, 3.8) is 0 Å². The zero-order chi connectivity index (χ0) is 17.3. The fraction of sp³-hybridized carbons (Fsp3) is 0.278. The Balaban J connectivity index is 1.63. The predicted octanol–water partition coefficient (Wildman–Crippen LogP) is 3.02. The Morgan fingerprint density at radius 2 is 2.04 bits per heavy atom. The van der Waals surface area contributed by atoms with E-state index in [0.29, 0.717) is 22.6 Å². The van der Waals surface area contributed by atoms with Crippen molar-refractivity contribution in [3.8, 4) is 5.75 Å². The van der Waals surface area contributed by atoms with E-state index in [9.17, 15) is 14.3 Å². The van der Waals surface area contributed by atoms with Gasteiger partial charge in [-0.3, -0.25) is 4.79 Å². The van der Waals surface area contributed by atoms with Crippen molar-refractivity contribution in [1.29, 1.82) is 0 Å². The second-order valence-electron chi connectivity index (χ2n) is 5.83. The molecule has 0 radical (unpaired) electrons. The first-order valence-electron chi connectivity index (χ1n) is 7.63. The molecular weight excluding hydrogens is 333 g/mol. The Bertz CT molecular complexity index is 750. The highest BCUT2D eigenvalue weighted by Gasteiger charge is 2.32. The number of ether oxygens (including phenoxy) is 1. The molecule has 0 aromatic heterocycles. The SMILES string of the molecule is CC(NC(=O)C1Cc2cccc(F)c2O1)C(O)c1ccc(Cl)cc1. The zero-order valence-corrected chi connectivity index (χ0v) is 13.8. The number of nitrogens with one attached hydrogen (secondary N) is 1. The summed E-state index contributed by atoms with van der Waals surface area (Å²) < 4.78 is 19.1. The van der Waals surface area contributed by atoms with Gasteiger partial charge in [-0.2, -0.15) is 0 Å². The number of aliphatic hydroxyl groups excluding tert-OH is 1. The molecule has 2 aromatic carbocycles. The molecule has 3 unspecified atom stereocenters. The second kappa shape index (κ2) is 6.79. The molecule has 1 aliphatic heterocycles. The molecule has 0 saturated heterocycles. The molecule has 2 N–H and O–H groups in total. The number of hydrogen-bond donors (Lipinski definition) is 2. The summed E-state index contributed by atoms with van der Waals surface area (Å²) in [5.41, 5.74) is 1.31. The highest BCUT2D eigenvalue weighted by Crippen LogP contribution is 2.31. The molecular formula is C18H17ClFNO3. The first-order chi connectivity index (χ1) is 11.5. The van der Waals surface area contributed by atoms with E-state index in [1.165, 1.54) is 6.07 Å². The van der Waals surface area contributed by atoms with Gasteiger partial charge in [-0.15, -0.1) is 0 Å². The molecule has 0 saturated carbocycles. The zero-order valence-electron chi connectivity index (χ0n) is 13.0. The van der Waals surface area contributed by atoms with Gasteiger partial charge >= 0.3 is 0 Å². The maximum absolute atomic E-state index is 13.7. The van der Waals surface area contributed by atoms with E-state index in [4.69, 9.17) is 16.3 Å².